The summed E-state index contributed by atoms with van der Waals surface area (Å²) in [4.78, 5) is 9.94. The van der Waals surface area contributed by atoms with Gasteiger partial charge in [-0.25, -0.2) is 0 Å². The van der Waals surface area contributed by atoms with E-state index in [1.54, 1.807) is 0 Å². The van der Waals surface area contributed by atoms with Crippen molar-refractivity contribution in [1.82, 2.24) is 0 Å². The SMILES string of the molecule is CCCCN(CCCC)c1ccc(N(c2ccc(N(CC)CC)cc2)c2ccc(N(CCCC)CCCC)cc2)cc1. The lowest BCUT2D eigenvalue weighted by atomic mass is 10.1. The van der Waals surface area contributed by atoms with E-state index >= 15 is 0 Å². The average Bonchev–Trinajstić information content (AvgIpc) is 3.03. The van der Waals surface area contributed by atoms with Gasteiger partial charge in [-0.3, -0.25) is 0 Å². The first-order valence-corrected chi connectivity index (χ1v) is 16.9. The van der Waals surface area contributed by atoms with Gasteiger partial charge in [-0.05, 0) is 112 Å². The Kier molecular flexibility index (Phi) is 14.6. The quantitative estimate of drug-likeness (QED) is 0.134. The van der Waals surface area contributed by atoms with Gasteiger partial charge in [-0.15, -0.1) is 0 Å². The van der Waals surface area contributed by atoms with Crippen molar-refractivity contribution < 1.29 is 0 Å². The molecular weight excluding hydrogens is 512 g/mol. The first kappa shape index (κ1) is 33.4. The summed E-state index contributed by atoms with van der Waals surface area (Å²) >= 11 is 0. The molecule has 0 radical (unpaired) electrons. The summed E-state index contributed by atoms with van der Waals surface area (Å²) in [5, 5.41) is 0. The molecule has 0 spiro atoms. The molecule has 230 valence electrons. The normalized spacial score (nSPS) is 11.0. The number of hydrogen-bond donors (Lipinski definition) is 0. The molecule has 0 N–H and O–H groups in total. The van der Waals surface area contributed by atoms with E-state index in [2.05, 4.69) is 134 Å². The molecule has 0 saturated heterocycles. The molecule has 0 amide bonds. The van der Waals surface area contributed by atoms with E-state index in [0.29, 0.717) is 0 Å². The van der Waals surface area contributed by atoms with Crippen molar-refractivity contribution >= 4 is 34.1 Å². The zero-order chi connectivity index (χ0) is 30.2. The standard InChI is InChI=1S/C38H58N4/c1-7-13-29-40(30-14-8-2)34-19-25-37(26-20-34)42(36-23-17-33(18-24-36)39(11-5)12-6)38-27-21-35(22-28-38)41(31-15-9-3)32-16-10-4/h17-28H,7-16,29-32H2,1-6H3. The predicted molar refractivity (Wildman–Crippen MR) is 189 cm³/mol. The summed E-state index contributed by atoms with van der Waals surface area (Å²) in [6.07, 6.45) is 9.83. The molecule has 3 rings (SSSR count). The van der Waals surface area contributed by atoms with Crippen LogP contribution in [0.15, 0.2) is 72.8 Å². The molecule has 0 bridgehead atoms. The minimum Gasteiger partial charge on any atom is -0.372 e. The predicted octanol–water partition coefficient (Wildman–Crippen LogP) is 10.8. The van der Waals surface area contributed by atoms with Crippen molar-refractivity contribution in [3.8, 4) is 0 Å². The molecule has 0 fully saturated rings. The van der Waals surface area contributed by atoms with E-state index in [1.807, 2.05) is 0 Å². The van der Waals surface area contributed by atoms with E-state index in [0.717, 1.165) is 39.3 Å². The summed E-state index contributed by atoms with van der Waals surface area (Å²) in [7, 11) is 0. The maximum Gasteiger partial charge on any atom is 0.0463 e. The van der Waals surface area contributed by atoms with Gasteiger partial charge in [0.15, 0.2) is 0 Å². The smallest absolute Gasteiger partial charge is 0.0463 e. The van der Waals surface area contributed by atoms with Gasteiger partial charge < -0.3 is 19.6 Å². The largest absolute Gasteiger partial charge is 0.372 e. The highest BCUT2D eigenvalue weighted by Crippen LogP contribution is 2.37. The minimum atomic E-state index is 1.02. The van der Waals surface area contributed by atoms with E-state index < -0.39 is 0 Å². The first-order valence-electron chi connectivity index (χ1n) is 16.9. The monoisotopic (exact) mass is 570 g/mol. The number of nitrogens with zero attached hydrogens (tertiary/aromatic N) is 4. The molecule has 3 aromatic rings. The van der Waals surface area contributed by atoms with E-state index in [-0.39, 0.29) is 0 Å². The lowest BCUT2D eigenvalue weighted by molar-refractivity contribution is 0.678. The number of rotatable bonds is 20. The topological polar surface area (TPSA) is 13.0 Å². The van der Waals surface area contributed by atoms with E-state index in [1.165, 1.54) is 85.5 Å². The Bertz CT molecular complexity index is 1020. The number of hydrogen-bond acceptors (Lipinski definition) is 4. The fourth-order valence-corrected chi connectivity index (χ4v) is 5.61. The summed E-state index contributed by atoms with van der Waals surface area (Å²) < 4.78 is 0. The van der Waals surface area contributed by atoms with Crippen LogP contribution >= 0.6 is 0 Å². The van der Waals surface area contributed by atoms with Crippen LogP contribution in [0, 0.1) is 0 Å². The second-order valence-electron chi connectivity index (χ2n) is 11.4. The third-order valence-corrected chi connectivity index (χ3v) is 8.31. The summed E-state index contributed by atoms with van der Waals surface area (Å²) in [5.74, 6) is 0. The maximum atomic E-state index is 2.57. The van der Waals surface area contributed by atoms with Crippen LogP contribution < -0.4 is 19.6 Å². The first-order chi connectivity index (χ1) is 20.6. The Morgan fingerprint density at radius 1 is 0.333 bits per heavy atom. The third-order valence-electron chi connectivity index (χ3n) is 8.31. The van der Waals surface area contributed by atoms with Crippen LogP contribution in [0.2, 0.25) is 0 Å². The molecule has 4 nitrogen and oxygen atoms in total. The number of benzene rings is 3. The Labute approximate surface area is 258 Å². The molecule has 0 saturated carbocycles. The molecule has 0 aliphatic carbocycles. The molecule has 0 heterocycles. The molecule has 0 aliphatic heterocycles. The van der Waals surface area contributed by atoms with Gasteiger partial charge in [0, 0.05) is 73.4 Å². The van der Waals surface area contributed by atoms with Crippen LogP contribution in [0.1, 0.15) is 92.9 Å². The molecule has 0 aliphatic rings. The highest BCUT2D eigenvalue weighted by Gasteiger charge is 2.16. The van der Waals surface area contributed by atoms with Gasteiger partial charge in [-0.1, -0.05) is 53.4 Å². The van der Waals surface area contributed by atoms with Crippen LogP contribution in [0.3, 0.4) is 0 Å². The second kappa shape index (κ2) is 18.4. The second-order valence-corrected chi connectivity index (χ2v) is 11.4. The van der Waals surface area contributed by atoms with Gasteiger partial charge >= 0.3 is 0 Å². The Hall–Kier alpha value is -3.14. The van der Waals surface area contributed by atoms with Gasteiger partial charge in [0.05, 0.1) is 0 Å². The highest BCUT2D eigenvalue weighted by molar-refractivity contribution is 5.79. The lowest BCUT2D eigenvalue weighted by Crippen LogP contribution is -2.25. The van der Waals surface area contributed by atoms with Crippen molar-refractivity contribution in [3.63, 3.8) is 0 Å². The molecule has 4 heteroatoms. The van der Waals surface area contributed by atoms with E-state index in [4.69, 9.17) is 0 Å². The molecule has 42 heavy (non-hydrogen) atoms. The van der Waals surface area contributed by atoms with Crippen LogP contribution in [0.25, 0.3) is 0 Å². The zero-order valence-corrected chi connectivity index (χ0v) is 27.6. The minimum absolute atomic E-state index is 1.02. The van der Waals surface area contributed by atoms with Gasteiger partial charge in [0.25, 0.3) is 0 Å². The highest BCUT2D eigenvalue weighted by atomic mass is 15.2. The zero-order valence-electron chi connectivity index (χ0n) is 27.6. The Balaban J connectivity index is 1.97. The third kappa shape index (κ3) is 9.44. The Morgan fingerprint density at radius 3 is 0.810 bits per heavy atom. The van der Waals surface area contributed by atoms with Crippen molar-refractivity contribution in [2.45, 2.75) is 92.9 Å². The molecule has 0 unspecified atom stereocenters. The van der Waals surface area contributed by atoms with Gasteiger partial charge in [0.2, 0.25) is 0 Å². The Morgan fingerprint density at radius 2 is 0.571 bits per heavy atom. The molecule has 0 atom stereocenters. The molecule has 0 aromatic heterocycles. The van der Waals surface area contributed by atoms with Crippen LogP contribution in [0.4, 0.5) is 34.1 Å². The van der Waals surface area contributed by atoms with Crippen LogP contribution in [0.5, 0.6) is 0 Å². The number of anilines is 6. The van der Waals surface area contributed by atoms with Gasteiger partial charge in [0.1, 0.15) is 0 Å². The summed E-state index contributed by atoms with van der Waals surface area (Å²) in [6, 6.07) is 27.6. The average molecular weight is 571 g/mol. The van der Waals surface area contributed by atoms with Crippen molar-refractivity contribution in [1.29, 1.82) is 0 Å². The maximum absolute atomic E-state index is 2.57. The fraction of sp³-hybridized carbons (Fsp3) is 0.526. The summed E-state index contributed by atoms with van der Waals surface area (Å²) in [5.41, 5.74) is 7.52. The van der Waals surface area contributed by atoms with Crippen molar-refractivity contribution in [3.05, 3.63) is 72.8 Å². The number of unbranched alkanes of at least 4 members (excludes halogenated alkanes) is 4. The van der Waals surface area contributed by atoms with Gasteiger partial charge in [-0.2, -0.15) is 0 Å². The van der Waals surface area contributed by atoms with Crippen LogP contribution in [-0.4, -0.2) is 39.3 Å². The molecule has 3 aromatic carbocycles. The van der Waals surface area contributed by atoms with Crippen molar-refractivity contribution in [2.75, 3.05) is 58.9 Å². The van der Waals surface area contributed by atoms with Crippen LogP contribution in [-0.2, 0) is 0 Å². The summed E-state index contributed by atoms with van der Waals surface area (Å²) in [6.45, 7) is 20.1. The van der Waals surface area contributed by atoms with Crippen molar-refractivity contribution in [2.24, 2.45) is 0 Å². The van der Waals surface area contributed by atoms with E-state index in [9.17, 15) is 0 Å². The fourth-order valence-electron chi connectivity index (χ4n) is 5.61. The lowest BCUT2D eigenvalue weighted by Gasteiger charge is -2.30. The molecular formula is C38H58N4.